The van der Waals surface area contributed by atoms with Crippen molar-refractivity contribution in [2.75, 3.05) is 0 Å². The summed E-state index contributed by atoms with van der Waals surface area (Å²) in [4.78, 5) is 1.23. The van der Waals surface area contributed by atoms with E-state index >= 15 is 0 Å². The molecule has 1 saturated heterocycles. The molecule has 1 fully saturated rings. The zero-order valence-corrected chi connectivity index (χ0v) is 12.1. The molecular weight excluding hydrogens is 244 g/mol. The summed E-state index contributed by atoms with van der Waals surface area (Å²) in [5, 5.41) is 10.2. The second kappa shape index (κ2) is 6.09. The van der Waals surface area contributed by atoms with Gasteiger partial charge in [0.2, 0.25) is 0 Å². The van der Waals surface area contributed by atoms with Crippen LogP contribution in [0.3, 0.4) is 0 Å². The summed E-state index contributed by atoms with van der Waals surface area (Å²) in [5.74, 6) is 0.637. The predicted octanol–water partition coefficient (Wildman–Crippen LogP) is 3.55. The molecule has 5 unspecified atom stereocenters. The molecule has 3 heteroatoms. The van der Waals surface area contributed by atoms with Crippen LogP contribution in [-0.4, -0.2) is 22.8 Å². The van der Waals surface area contributed by atoms with E-state index in [0.717, 1.165) is 6.42 Å². The van der Waals surface area contributed by atoms with Crippen molar-refractivity contribution in [2.45, 2.75) is 49.7 Å². The standard InChI is InChI=1S/C15H22O2S/c1-4-13-14(16)10(2)11(3)15(17-13)18-12-8-6-5-7-9-12/h5-11,13-16H,4H2,1-3H3. The number of aliphatic hydroxyl groups excluding tert-OH is 1. The molecule has 18 heavy (non-hydrogen) atoms. The van der Waals surface area contributed by atoms with Gasteiger partial charge in [-0.1, -0.05) is 50.7 Å². The fraction of sp³-hybridized carbons (Fsp3) is 0.600. The molecule has 1 aromatic rings. The van der Waals surface area contributed by atoms with Crippen molar-refractivity contribution in [3.63, 3.8) is 0 Å². The van der Waals surface area contributed by atoms with E-state index in [1.165, 1.54) is 4.90 Å². The van der Waals surface area contributed by atoms with Crippen molar-refractivity contribution in [2.24, 2.45) is 11.8 Å². The van der Waals surface area contributed by atoms with E-state index < -0.39 is 0 Å². The number of ether oxygens (including phenoxy) is 1. The molecule has 0 aliphatic carbocycles. The molecule has 1 aliphatic heterocycles. The molecule has 0 aromatic heterocycles. The molecule has 2 nitrogen and oxygen atoms in total. The Balaban J connectivity index is 2.08. The second-order valence-corrected chi connectivity index (χ2v) is 6.26. The van der Waals surface area contributed by atoms with E-state index in [4.69, 9.17) is 4.74 Å². The molecule has 1 aromatic carbocycles. The van der Waals surface area contributed by atoms with Crippen molar-refractivity contribution in [1.29, 1.82) is 0 Å². The highest BCUT2D eigenvalue weighted by Gasteiger charge is 2.39. The molecule has 0 radical (unpaired) electrons. The molecule has 0 spiro atoms. The first-order valence-corrected chi connectivity index (χ1v) is 7.56. The van der Waals surface area contributed by atoms with E-state index in [9.17, 15) is 5.11 Å². The molecule has 2 rings (SSSR count). The highest BCUT2D eigenvalue weighted by atomic mass is 32.2. The van der Waals surface area contributed by atoms with Crippen molar-refractivity contribution in [1.82, 2.24) is 0 Å². The van der Waals surface area contributed by atoms with Crippen LogP contribution in [0.15, 0.2) is 35.2 Å². The van der Waals surface area contributed by atoms with Crippen LogP contribution in [-0.2, 0) is 4.74 Å². The van der Waals surface area contributed by atoms with Crippen LogP contribution in [0.5, 0.6) is 0 Å². The van der Waals surface area contributed by atoms with Crippen LogP contribution in [0.1, 0.15) is 27.2 Å². The molecule has 0 saturated carbocycles. The van der Waals surface area contributed by atoms with Gasteiger partial charge in [0.1, 0.15) is 5.44 Å². The molecule has 0 amide bonds. The minimum atomic E-state index is -0.336. The third kappa shape index (κ3) is 2.90. The van der Waals surface area contributed by atoms with Gasteiger partial charge in [-0.25, -0.2) is 0 Å². The van der Waals surface area contributed by atoms with Crippen molar-refractivity contribution in [3.05, 3.63) is 30.3 Å². The minimum Gasteiger partial charge on any atom is -0.390 e. The van der Waals surface area contributed by atoms with Crippen LogP contribution in [0.2, 0.25) is 0 Å². The van der Waals surface area contributed by atoms with Gasteiger partial charge in [-0.3, -0.25) is 0 Å². The average Bonchev–Trinajstić information content (AvgIpc) is 2.40. The lowest BCUT2D eigenvalue weighted by molar-refractivity contribution is -0.138. The van der Waals surface area contributed by atoms with Crippen LogP contribution in [0, 0.1) is 11.8 Å². The highest BCUT2D eigenvalue weighted by molar-refractivity contribution is 7.99. The van der Waals surface area contributed by atoms with Crippen LogP contribution < -0.4 is 0 Å². The number of thioether (sulfide) groups is 1. The van der Waals surface area contributed by atoms with Crippen molar-refractivity contribution >= 4 is 11.8 Å². The normalized spacial score (nSPS) is 36.6. The van der Waals surface area contributed by atoms with Gasteiger partial charge < -0.3 is 9.84 Å². The zero-order chi connectivity index (χ0) is 13.1. The van der Waals surface area contributed by atoms with Gasteiger partial charge >= 0.3 is 0 Å². The first kappa shape index (κ1) is 13.9. The summed E-state index contributed by atoms with van der Waals surface area (Å²) in [6.07, 6.45) is 0.499. The monoisotopic (exact) mass is 266 g/mol. The number of hydrogen-bond acceptors (Lipinski definition) is 3. The Hall–Kier alpha value is -0.510. The summed E-state index contributed by atoms with van der Waals surface area (Å²) >= 11 is 1.76. The Bertz CT molecular complexity index is 366. The van der Waals surface area contributed by atoms with Gasteiger partial charge in [0, 0.05) is 4.90 Å². The number of aliphatic hydroxyl groups is 1. The van der Waals surface area contributed by atoms with E-state index in [-0.39, 0.29) is 23.6 Å². The maximum Gasteiger partial charge on any atom is 0.111 e. The number of hydrogen-bond donors (Lipinski definition) is 1. The SMILES string of the molecule is CCC1OC(Sc2ccccc2)C(C)C(C)C1O. The van der Waals surface area contributed by atoms with Gasteiger partial charge in [-0.2, -0.15) is 0 Å². The van der Waals surface area contributed by atoms with Crippen LogP contribution >= 0.6 is 11.8 Å². The molecule has 0 bridgehead atoms. The fourth-order valence-corrected chi connectivity index (χ4v) is 3.62. The van der Waals surface area contributed by atoms with Gasteiger partial charge in [-0.05, 0) is 30.4 Å². The zero-order valence-electron chi connectivity index (χ0n) is 11.2. The Labute approximate surface area is 114 Å². The minimum absolute atomic E-state index is 0.0302. The topological polar surface area (TPSA) is 29.5 Å². The predicted molar refractivity (Wildman–Crippen MR) is 75.6 cm³/mol. The van der Waals surface area contributed by atoms with Gasteiger partial charge in [0.05, 0.1) is 12.2 Å². The highest BCUT2D eigenvalue weighted by Crippen LogP contribution is 2.39. The van der Waals surface area contributed by atoms with Gasteiger partial charge in [-0.15, -0.1) is 0 Å². The third-order valence-corrected chi connectivity index (χ3v) is 5.20. The Morgan fingerprint density at radius 3 is 2.44 bits per heavy atom. The molecular formula is C15H22O2S. The van der Waals surface area contributed by atoms with Crippen molar-refractivity contribution in [3.8, 4) is 0 Å². The summed E-state index contributed by atoms with van der Waals surface area (Å²) in [6.45, 7) is 6.36. The van der Waals surface area contributed by atoms with Crippen LogP contribution in [0.4, 0.5) is 0 Å². The van der Waals surface area contributed by atoms with E-state index in [0.29, 0.717) is 5.92 Å². The smallest absolute Gasteiger partial charge is 0.111 e. The number of rotatable bonds is 3. The summed E-state index contributed by atoms with van der Waals surface area (Å²) < 4.78 is 6.05. The molecule has 100 valence electrons. The lowest BCUT2D eigenvalue weighted by atomic mass is 9.85. The van der Waals surface area contributed by atoms with Crippen LogP contribution in [0.25, 0.3) is 0 Å². The molecule has 1 N–H and O–H groups in total. The lowest BCUT2D eigenvalue weighted by Gasteiger charge is -2.42. The molecule has 1 heterocycles. The van der Waals surface area contributed by atoms with E-state index in [1.54, 1.807) is 11.8 Å². The molecule has 5 atom stereocenters. The fourth-order valence-electron chi connectivity index (χ4n) is 2.38. The maximum atomic E-state index is 10.2. The maximum absolute atomic E-state index is 10.2. The Morgan fingerprint density at radius 1 is 1.17 bits per heavy atom. The third-order valence-electron chi connectivity index (χ3n) is 3.88. The van der Waals surface area contributed by atoms with E-state index in [2.05, 4.69) is 32.9 Å². The van der Waals surface area contributed by atoms with Gasteiger partial charge in [0.15, 0.2) is 0 Å². The quantitative estimate of drug-likeness (QED) is 0.907. The first-order valence-electron chi connectivity index (χ1n) is 6.68. The van der Waals surface area contributed by atoms with Crippen molar-refractivity contribution < 1.29 is 9.84 Å². The first-order chi connectivity index (χ1) is 8.63. The Kier molecular flexibility index (Phi) is 4.71. The number of benzene rings is 1. The largest absolute Gasteiger partial charge is 0.390 e. The average molecular weight is 266 g/mol. The molecule has 1 aliphatic rings. The lowest BCUT2D eigenvalue weighted by Crippen LogP contribution is -2.47. The summed E-state index contributed by atoms with van der Waals surface area (Å²) in [7, 11) is 0. The summed E-state index contributed by atoms with van der Waals surface area (Å²) in [5.41, 5.74) is 0.135. The second-order valence-electron chi connectivity index (χ2n) is 5.09. The Morgan fingerprint density at radius 2 is 1.83 bits per heavy atom. The van der Waals surface area contributed by atoms with Gasteiger partial charge in [0.25, 0.3) is 0 Å². The summed E-state index contributed by atoms with van der Waals surface area (Å²) in [6, 6.07) is 10.3. The van der Waals surface area contributed by atoms with E-state index in [1.807, 2.05) is 18.2 Å².